The molecule has 10 heteroatoms. The maximum atomic E-state index is 12.1. The SMILES string of the molecule is COC[C@H](Cl)C(N)=NS(=O)(=O)c1cc(Cl)c(Cl)cc1Cl. The molecule has 0 amide bonds. The number of hydrogen-bond donors (Lipinski definition) is 1. The Morgan fingerprint density at radius 2 is 1.85 bits per heavy atom. The molecule has 0 aliphatic rings. The van der Waals surface area contributed by atoms with Crippen molar-refractivity contribution < 1.29 is 13.2 Å². The third-order valence-corrected chi connectivity index (χ3v) is 4.95. The highest BCUT2D eigenvalue weighted by Gasteiger charge is 2.21. The lowest BCUT2D eigenvalue weighted by Gasteiger charge is -2.09. The van der Waals surface area contributed by atoms with Crippen molar-refractivity contribution in [1.29, 1.82) is 0 Å². The monoisotopic (exact) mass is 378 g/mol. The molecule has 1 rings (SSSR count). The second-order valence-electron chi connectivity index (χ2n) is 3.61. The van der Waals surface area contributed by atoms with E-state index in [1.54, 1.807) is 0 Å². The number of rotatable bonds is 5. The van der Waals surface area contributed by atoms with Crippen molar-refractivity contribution in [1.82, 2.24) is 0 Å². The highest BCUT2D eigenvalue weighted by molar-refractivity contribution is 7.90. The van der Waals surface area contributed by atoms with Crippen LogP contribution in [0.15, 0.2) is 21.4 Å². The zero-order valence-corrected chi connectivity index (χ0v) is 13.9. The summed E-state index contributed by atoms with van der Waals surface area (Å²) >= 11 is 23.1. The Morgan fingerprint density at radius 1 is 1.30 bits per heavy atom. The molecule has 1 atom stereocenters. The van der Waals surface area contributed by atoms with Crippen LogP contribution >= 0.6 is 46.4 Å². The van der Waals surface area contributed by atoms with Gasteiger partial charge in [-0.1, -0.05) is 34.8 Å². The van der Waals surface area contributed by atoms with Gasteiger partial charge in [0.1, 0.15) is 16.1 Å². The van der Waals surface area contributed by atoms with E-state index in [9.17, 15) is 8.42 Å². The van der Waals surface area contributed by atoms with Gasteiger partial charge in [-0.15, -0.1) is 16.0 Å². The molecule has 0 radical (unpaired) electrons. The number of sulfonamides is 1. The highest BCUT2D eigenvalue weighted by atomic mass is 35.5. The van der Waals surface area contributed by atoms with E-state index in [0.29, 0.717) is 0 Å². The topological polar surface area (TPSA) is 81.8 Å². The molecule has 0 unspecified atom stereocenters. The van der Waals surface area contributed by atoms with Crippen LogP contribution in [0.1, 0.15) is 0 Å². The summed E-state index contributed by atoms with van der Waals surface area (Å²) in [6.45, 7) is 0.0154. The van der Waals surface area contributed by atoms with Crippen LogP contribution in [0.3, 0.4) is 0 Å². The first-order valence-electron chi connectivity index (χ1n) is 5.07. The standard InChI is InChI=1S/C10H10Cl4N2O3S/c1-19-4-8(14)10(15)16-20(17,18)9-3-6(12)5(11)2-7(9)13/h2-3,8H,4H2,1H3,(H2,15,16)/t8-/m0/s1. The lowest BCUT2D eigenvalue weighted by molar-refractivity contribution is 0.209. The molecule has 5 nitrogen and oxygen atoms in total. The summed E-state index contributed by atoms with van der Waals surface area (Å²) in [5.74, 6) is -0.310. The maximum Gasteiger partial charge on any atom is 0.285 e. The summed E-state index contributed by atoms with van der Waals surface area (Å²) in [5.41, 5.74) is 5.50. The van der Waals surface area contributed by atoms with Crippen molar-refractivity contribution in [2.45, 2.75) is 10.3 Å². The summed E-state index contributed by atoms with van der Waals surface area (Å²) in [5, 5.41) is -0.838. The van der Waals surface area contributed by atoms with Gasteiger partial charge in [-0.05, 0) is 12.1 Å². The lowest BCUT2D eigenvalue weighted by atomic mass is 10.4. The second-order valence-corrected chi connectivity index (χ2v) is 6.93. The summed E-state index contributed by atoms with van der Waals surface area (Å²) in [7, 11) is -2.75. The molecule has 20 heavy (non-hydrogen) atoms. The fourth-order valence-electron chi connectivity index (χ4n) is 1.18. The predicted octanol–water partition coefficient (Wildman–Crippen LogP) is 2.95. The van der Waals surface area contributed by atoms with Crippen LogP contribution in [0.4, 0.5) is 0 Å². The van der Waals surface area contributed by atoms with Crippen LogP contribution < -0.4 is 5.73 Å². The third-order valence-electron chi connectivity index (χ3n) is 2.11. The number of alkyl halides is 1. The Labute approximate surface area is 136 Å². The second kappa shape index (κ2) is 7.15. The van der Waals surface area contributed by atoms with Crippen molar-refractivity contribution in [2.75, 3.05) is 13.7 Å². The zero-order chi connectivity index (χ0) is 15.5. The first-order chi connectivity index (χ1) is 9.19. The summed E-state index contributed by atoms with van der Waals surface area (Å²) in [4.78, 5) is -0.308. The van der Waals surface area contributed by atoms with E-state index in [4.69, 9.17) is 56.9 Å². The lowest BCUT2D eigenvalue weighted by Crippen LogP contribution is -2.29. The molecule has 0 saturated heterocycles. The van der Waals surface area contributed by atoms with Crippen LogP contribution in [0, 0.1) is 0 Å². The molecule has 0 saturated carbocycles. The van der Waals surface area contributed by atoms with Crippen LogP contribution in [-0.2, 0) is 14.8 Å². The van der Waals surface area contributed by atoms with Gasteiger partial charge in [0.2, 0.25) is 0 Å². The van der Waals surface area contributed by atoms with Crippen molar-refractivity contribution >= 4 is 62.3 Å². The van der Waals surface area contributed by atoms with E-state index >= 15 is 0 Å². The number of benzene rings is 1. The minimum Gasteiger partial charge on any atom is -0.385 e. The maximum absolute atomic E-state index is 12.1. The van der Waals surface area contributed by atoms with Gasteiger partial charge in [0.25, 0.3) is 10.0 Å². The number of amidine groups is 1. The largest absolute Gasteiger partial charge is 0.385 e. The molecule has 0 aromatic heterocycles. The first kappa shape index (κ1) is 17.8. The minimum atomic E-state index is -4.14. The highest BCUT2D eigenvalue weighted by Crippen LogP contribution is 2.32. The molecule has 1 aromatic carbocycles. The van der Waals surface area contributed by atoms with Gasteiger partial charge in [-0.3, -0.25) is 0 Å². The Bertz CT molecular complexity index is 634. The number of halogens is 4. The fraction of sp³-hybridized carbons (Fsp3) is 0.300. The summed E-state index contributed by atoms with van der Waals surface area (Å²) in [6.07, 6.45) is 0. The number of methoxy groups -OCH3 is 1. The van der Waals surface area contributed by atoms with Crippen LogP contribution in [0.2, 0.25) is 15.1 Å². The predicted molar refractivity (Wildman–Crippen MR) is 81.8 cm³/mol. The Kier molecular flexibility index (Phi) is 6.37. The molecule has 0 heterocycles. The van der Waals surface area contributed by atoms with E-state index in [0.717, 1.165) is 6.07 Å². The van der Waals surface area contributed by atoms with Gasteiger partial charge in [-0.2, -0.15) is 8.42 Å². The molecule has 0 aliphatic carbocycles. The average molecular weight is 380 g/mol. The van der Waals surface area contributed by atoms with Gasteiger partial charge in [0.15, 0.2) is 0 Å². The minimum absolute atomic E-state index is 0.0154. The van der Waals surface area contributed by atoms with Crippen LogP contribution in [-0.4, -0.2) is 33.3 Å². The molecular weight excluding hydrogens is 370 g/mol. The van der Waals surface area contributed by atoms with Gasteiger partial charge in [-0.25, -0.2) is 0 Å². The molecule has 1 aromatic rings. The molecule has 0 fully saturated rings. The van der Waals surface area contributed by atoms with Crippen molar-refractivity contribution in [3.05, 3.63) is 27.2 Å². The molecule has 0 aliphatic heterocycles. The number of nitrogens with two attached hydrogens (primary N) is 1. The van der Waals surface area contributed by atoms with Crippen molar-refractivity contribution in [3.63, 3.8) is 0 Å². The van der Waals surface area contributed by atoms with E-state index < -0.39 is 15.4 Å². The quantitative estimate of drug-likeness (QED) is 0.369. The van der Waals surface area contributed by atoms with E-state index in [2.05, 4.69) is 4.40 Å². The number of ether oxygens (including phenoxy) is 1. The zero-order valence-electron chi connectivity index (χ0n) is 10.1. The first-order valence-corrected chi connectivity index (χ1v) is 8.08. The van der Waals surface area contributed by atoms with E-state index in [-0.39, 0.29) is 32.4 Å². The van der Waals surface area contributed by atoms with Crippen molar-refractivity contribution in [2.24, 2.45) is 10.1 Å². The van der Waals surface area contributed by atoms with Crippen molar-refractivity contribution in [3.8, 4) is 0 Å². The Morgan fingerprint density at radius 3 is 2.40 bits per heavy atom. The smallest absolute Gasteiger partial charge is 0.285 e. The number of nitrogens with zero attached hydrogens (tertiary/aromatic N) is 1. The van der Waals surface area contributed by atoms with E-state index in [1.165, 1.54) is 13.2 Å². The summed E-state index contributed by atoms with van der Waals surface area (Å²) in [6, 6.07) is 2.30. The Hall–Kier alpha value is -0.240. The molecule has 0 spiro atoms. The van der Waals surface area contributed by atoms with Gasteiger partial charge >= 0.3 is 0 Å². The normalized spacial score (nSPS) is 14.3. The van der Waals surface area contributed by atoms with Gasteiger partial charge in [0, 0.05) is 7.11 Å². The molecule has 2 N–H and O–H groups in total. The Balaban J connectivity index is 3.24. The number of hydrogen-bond acceptors (Lipinski definition) is 3. The van der Waals surface area contributed by atoms with Crippen LogP contribution in [0.25, 0.3) is 0 Å². The molecule has 112 valence electrons. The van der Waals surface area contributed by atoms with Crippen LogP contribution in [0.5, 0.6) is 0 Å². The third kappa shape index (κ3) is 4.38. The summed E-state index contributed by atoms with van der Waals surface area (Å²) < 4.78 is 32.3. The van der Waals surface area contributed by atoms with Gasteiger partial charge < -0.3 is 10.5 Å². The fourth-order valence-corrected chi connectivity index (χ4v) is 3.39. The molecule has 0 bridgehead atoms. The molecular formula is C10H10Cl4N2O3S. The van der Waals surface area contributed by atoms with Gasteiger partial charge in [0.05, 0.1) is 21.7 Å². The van der Waals surface area contributed by atoms with E-state index in [1.807, 2.05) is 0 Å². The average Bonchev–Trinajstić information content (AvgIpc) is 2.33.